The van der Waals surface area contributed by atoms with Crippen LogP contribution in [0.25, 0.3) is 0 Å². The lowest BCUT2D eigenvalue weighted by atomic mass is 10.0. The highest BCUT2D eigenvalue weighted by atomic mass is 32.2. The molecule has 0 fully saturated rings. The van der Waals surface area contributed by atoms with E-state index in [-0.39, 0.29) is 0 Å². The van der Waals surface area contributed by atoms with Crippen molar-refractivity contribution in [1.82, 2.24) is 0 Å². The second-order valence-corrected chi connectivity index (χ2v) is 6.28. The van der Waals surface area contributed by atoms with E-state index in [0.717, 1.165) is 12.8 Å². The largest absolute Gasteiger partial charge is 0.224 e. The van der Waals surface area contributed by atoms with Gasteiger partial charge in [0.05, 0.1) is 4.90 Å². The zero-order chi connectivity index (χ0) is 10.9. The van der Waals surface area contributed by atoms with Crippen LogP contribution in [-0.4, -0.2) is 14.7 Å². The molecule has 0 unspecified atom stereocenters. The van der Waals surface area contributed by atoms with Crippen LogP contribution in [-0.2, 0) is 22.7 Å². The summed E-state index contributed by atoms with van der Waals surface area (Å²) in [7, 11) is -3.05. The number of fused-ring (bicyclic) bond motifs is 1. The van der Waals surface area contributed by atoms with Gasteiger partial charge in [-0.2, -0.15) is 0 Å². The molecule has 0 saturated carbocycles. The summed E-state index contributed by atoms with van der Waals surface area (Å²) in [5.41, 5.74) is 2.57. The summed E-state index contributed by atoms with van der Waals surface area (Å²) < 4.78 is 22.8. The summed E-state index contributed by atoms with van der Waals surface area (Å²) in [5, 5.41) is 0. The molecule has 0 heterocycles. The molecule has 0 bridgehead atoms. The molecule has 82 valence electrons. The second-order valence-electron chi connectivity index (χ2n) is 4.26. The highest BCUT2D eigenvalue weighted by molar-refractivity contribution is 7.90. The van der Waals surface area contributed by atoms with E-state index in [0.29, 0.717) is 4.90 Å². The molecule has 0 radical (unpaired) electrons. The Labute approximate surface area is 91.2 Å². The maximum Gasteiger partial charge on any atom is 0.175 e. The molecule has 1 aliphatic carbocycles. The number of hydrogen-bond donors (Lipinski definition) is 0. The number of aryl methyl sites for hydroxylation is 2. The van der Waals surface area contributed by atoms with Crippen molar-refractivity contribution >= 4 is 9.84 Å². The van der Waals surface area contributed by atoms with Crippen LogP contribution in [0.1, 0.15) is 30.4 Å². The fourth-order valence-electron chi connectivity index (χ4n) is 2.12. The highest BCUT2D eigenvalue weighted by Gasteiger charge is 2.12. The molecule has 3 heteroatoms. The predicted molar refractivity (Wildman–Crippen MR) is 60.8 cm³/mol. The molecule has 2 rings (SSSR count). The summed E-state index contributed by atoms with van der Waals surface area (Å²) in [4.78, 5) is 0.461. The van der Waals surface area contributed by atoms with E-state index in [9.17, 15) is 8.42 Å². The Balaban J connectivity index is 2.45. The number of rotatable bonds is 1. The van der Waals surface area contributed by atoms with Gasteiger partial charge in [0.25, 0.3) is 0 Å². The molecule has 1 aromatic carbocycles. The van der Waals surface area contributed by atoms with Crippen LogP contribution in [0.2, 0.25) is 0 Å². The molecule has 0 aromatic heterocycles. The zero-order valence-electron chi connectivity index (χ0n) is 8.99. The maximum atomic E-state index is 11.4. The SMILES string of the molecule is CS(=O)(=O)c1ccc2c(c1)CCCCC2. The van der Waals surface area contributed by atoms with Crippen LogP contribution in [0, 0.1) is 0 Å². The normalized spacial score (nSPS) is 16.9. The quantitative estimate of drug-likeness (QED) is 0.686. The van der Waals surface area contributed by atoms with Crippen LogP contribution in [0.15, 0.2) is 23.1 Å². The van der Waals surface area contributed by atoms with Gasteiger partial charge >= 0.3 is 0 Å². The highest BCUT2D eigenvalue weighted by Crippen LogP contribution is 2.23. The van der Waals surface area contributed by atoms with Crippen LogP contribution < -0.4 is 0 Å². The molecular formula is C12H16O2S. The third kappa shape index (κ3) is 2.40. The Kier molecular flexibility index (Phi) is 2.83. The van der Waals surface area contributed by atoms with Crippen molar-refractivity contribution in [3.8, 4) is 0 Å². The molecule has 1 aromatic rings. The van der Waals surface area contributed by atoms with Crippen molar-refractivity contribution in [2.24, 2.45) is 0 Å². The molecule has 0 saturated heterocycles. The van der Waals surface area contributed by atoms with Gasteiger partial charge in [-0.3, -0.25) is 0 Å². The van der Waals surface area contributed by atoms with Crippen molar-refractivity contribution in [1.29, 1.82) is 0 Å². The van der Waals surface area contributed by atoms with Gasteiger partial charge in [-0.15, -0.1) is 0 Å². The van der Waals surface area contributed by atoms with E-state index in [1.54, 1.807) is 6.07 Å². The summed E-state index contributed by atoms with van der Waals surface area (Å²) in [5.74, 6) is 0. The summed E-state index contributed by atoms with van der Waals surface area (Å²) in [6.45, 7) is 0. The summed E-state index contributed by atoms with van der Waals surface area (Å²) >= 11 is 0. The standard InChI is InChI=1S/C12H16O2S/c1-15(13,14)12-8-7-10-5-3-2-4-6-11(10)9-12/h7-9H,2-6H2,1H3. The van der Waals surface area contributed by atoms with E-state index in [2.05, 4.69) is 0 Å². The van der Waals surface area contributed by atoms with Gasteiger partial charge in [0.15, 0.2) is 9.84 Å². The minimum atomic E-state index is -3.05. The molecule has 0 amide bonds. The predicted octanol–water partition coefficient (Wildman–Crippen LogP) is 2.36. The fraction of sp³-hybridized carbons (Fsp3) is 0.500. The Morgan fingerprint density at radius 1 is 1.00 bits per heavy atom. The lowest BCUT2D eigenvalue weighted by Crippen LogP contribution is -2.00. The first-order valence-electron chi connectivity index (χ1n) is 5.39. The van der Waals surface area contributed by atoms with Crippen LogP contribution in [0.5, 0.6) is 0 Å². The van der Waals surface area contributed by atoms with Crippen LogP contribution in [0.4, 0.5) is 0 Å². The van der Waals surface area contributed by atoms with E-state index in [1.807, 2.05) is 12.1 Å². The van der Waals surface area contributed by atoms with E-state index < -0.39 is 9.84 Å². The minimum absolute atomic E-state index is 0.461. The van der Waals surface area contributed by atoms with Gasteiger partial charge in [0.2, 0.25) is 0 Å². The summed E-state index contributed by atoms with van der Waals surface area (Å²) in [6, 6.07) is 5.58. The smallest absolute Gasteiger partial charge is 0.175 e. The topological polar surface area (TPSA) is 34.1 Å². The van der Waals surface area contributed by atoms with Crippen LogP contribution >= 0.6 is 0 Å². The first-order chi connectivity index (χ1) is 7.07. The average Bonchev–Trinajstić information content (AvgIpc) is 2.39. The number of benzene rings is 1. The van der Waals surface area contributed by atoms with Crippen molar-refractivity contribution < 1.29 is 8.42 Å². The second kappa shape index (κ2) is 3.97. The van der Waals surface area contributed by atoms with Gasteiger partial charge in [-0.25, -0.2) is 8.42 Å². The first-order valence-corrected chi connectivity index (χ1v) is 7.28. The Hall–Kier alpha value is -0.830. The molecule has 2 nitrogen and oxygen atoms in total. The zero-order valence-corrected chi connectivity index (χ0v) is 9.81. The molecule has 1 aliphatic rings. The maximum absolute atomic E-state index is 11.4. The molecule has 0 N–H and O–H groups in total. The summed E-state index contributed by atoms with van der Waals surface area (Å²) in [6.07, 6.45) is 7.05. The van der Waals surface area contributed by atoms with Crippen molar-refractivity contribution in [2.75, 3.05) is 6.26 Å². The Bertz CT molecular complexity index is 461. The Morgan fingerprint density at radius 2 is 1.67 bits per heavy atom. The fourth-order valence-corrected chi connectivity index (χ4v) is 2.79. The van der Waals surface area contributed by atoms with Crippen molar-refractivity contribution in [3.05, 3.63) is 29.3 Å². The van der Waals surface area contributed by atoms with Crippen molar-refractivity contribution in [3.63, 3.8) is 0 Å². The third-order valence-corrected chi connectivity index (χ3v) is 4.11. The molecule has 0 atom stereocenters. The molecule has 0 spiro atoms. The lowest BCUT2D eigenvalue weighted by molar-refractivity contribution is 0.601. The lowest BCUT2D eigenvalue weighted by Gasteiger charge is -2.07. The van der Waals surface area contributed by atoms with E-state index in [4.69, 9.17) is 0 Å². The first kappa shape index (κ1) is 10.7. The number of sulfone groups is 1. The van der Waals surface area contributed by atoms with Gasteiger partial charge < -0.3 is 0 Å². The van der Waals surface area contributed by atoms with Gasteiger partial charge in [0.1, 0.15) is 0 Å². The van der Waals surface area contributed by atoms with Gasteiger partial charge in [0, 0.05) is 6.26 Å². The average molecular weight is 224 g/mol. The minimum Gasteiger partial charge on any atom is -0.224 e. The van der Waals surface area contributed by atoms with Gasteiger partial charge in [-0.05, 0) is 48.9 Å². The van der Waals surface area contributed by atoms with Crippen LogP contribution in [0.3, 0.4) is 0 Å². The van der Waals surface area contributed by atoms with Gasteiger partial charge in [-0.1, -0.05) is 12.5 Å². The third-order valence-electron chi connectivity index (χ3n) is 3.00. The van der Waals surface area contributed by atoms with E-state index in [1.165, 1.54) is 36.6 Å². The van der Waals surface area contributed by atoms with Crippen molar-refractivity contribution in [2.45, 2.75) is 37.0 Å². The molecule has 0 aliphatic heterocycles. The monoisotopic (exact) mass is 224 g/mol. The molecular weight excluding hydrogens is 208 g/mol. The molecule has 15 heavy (non-hydrogen) atoms. The number of hydrogen-bond acceptors (Lipinski definition) is 2. The van der Waals surface area contributed by atoms with E-state index >= 15 is 0 Å². The Morgan fingerprint density at radius 3 is 2.33 bits per heavy atom.